The third-order valence-electron chi connectivity index (χ3n) is 4.45. The van der Waals surface area contributed by atoms with Gasteiger partial charge in [0, 0.05) is 21.4 Å². The summed E-state index contributed by atoms with van der Waals surface area (Å²) in [6.07, 6.45) is 0. The molecular formula is C24H22Cl2N2O4. The molecule has 0 spiro atoms. The Labute approximate surface area is 196 Å². The molecule has 0 saturated carbocycles. The quantitative estimate of drug-likeness (QED) is 0.444. The number of amides is 2. The minimum Gasteiger partial charge on any atom is -0.484 e. The molecule has 0 bridgehead atoms. The molecule has 0 radical (unpaired) electrons. The Bertz CT molecular complexity index is 1030. The van der Waals surface area contributed by atoms with Crippen LogP contribution in [0.1, 0.15) is 11.1 Å². The predicted octanol–water partition coefficient (Wildman–Crippen LogP) is 5.65. The van der Waals surface area contributed by atoms with Crippen LogP contribution in [0, 0.1) is 13.8 Å². The number of carbonyl (C=O) groups excluding carboxylic acids is 2. The zero-order valence-corrected chi connectivity index (χ0v) is 19.1. The summed E-state index contributed by atoms with van der Waals surface area (Å²) < 4.78 is 11.0. The van der Waals surface area contributed by atoms with E-state index >= 15 is 0 Å². The van der Waals surface area contributed by atoms with E-state index in [1.807, 2.05) is 13.8 Å². The van der Waals surface area contributed by atoms with E-state index in [9.17, 15) is 9.59 Å². The summed E-state index contributed by atoms with van der Waals surface area (Å²) in [5.41, 5.74) is 2.90. The van der Waals surface area contributed by atoms with Crippen LogP contribution >= 0.6 is 23.2 Å². The van der Waals surface area contributed by atoms with Gasteiger partial charge in [-0.25, -0.2) is 0 Å². The highest BCUT2D eigenvalue weighted by molar-refractivity contribution is 6.31. The van der Waals surface area contributed by atoms with Crippen LogP contribution in [-0.4, -0.2) is 25.0 Å². The average Bonchev–Trinajstić information content (AvgIpc) is 2.77. The lowest BCUT2D eigenvalue weighted by Gasteiger charge is -2.10. The van der Waals surface area contributed by atoms with Crippen molar-refractivity contribution in [1.82, 2.24) is 0 Å². The van der Waals surface area contributed by atoms with E-state index in [-0.39, 0.29) is 25.0 Å². The minimum absolute atomic E-state index is 0.138. The summed E-state index contributed by atoms with van der Waals surface area (Å²) in [6, 6.07) is 17.1. The predicted molar refractivity (Wildman–Crippen MR) is 127 cm³/mol. The van der Waals surface area contributed by atoms with E-state index < -0.39 is 0 Å². The van der Waals surface area contributed by atoms with Gasteiger partial charge in [0.1, 0.15) is 11.5 Å². The largest absolute Gasteiger partial charge is 0.484 e. The van der Waals surface area contributed by atoms with Gasteiger partial charge in [0.05, 0.1) is 0 Å². The van der Waals surface area contributed by atoms with Crippen LogP contribution in [0.25, 0.3) is 0 Å². The molecule has 6 nitrogen and oxygen atoms in total. The normalized spacial score (nSPS) is 10.4. The molecule has 0 atom stereocenters. The highest BCUT2D eigenvalue weighted by atomic mass is 35.5. The molecule has 2 N–H and O–H groups in total. The van der Waals surface area contributed by atoms with Crippen molar-refractivity contribution in [3.8, 4) is 11.5 Å². The standard InChI is InChI=1S/C24H22Cl2N2O4/c1-15-11-19(7-9-21(15)25)31-13-23(29)27-17-3-5-18(6-4-17)28-24(30)14-32-20-8-10-22(26)16(2)12-20/h3-12H,13-14H2,1-2H3,(H,27,29)(H,28,30). The van der Waals surface area contributed by atoms with Crippen molar-refractivity contribution in [2.45, 2.75) is 13.8 Å². The fraction of sp³-hybridized carbons (Fsp3) is 0.167. The fourth-order valence-electron chi connectivity index (χ4n) is 2.74. The maximum absolute atomic E-state index is 12.1. The fourth-order valence-corrected chi connectivity index (χ4v) is 2.98. The molecule has 0 heterocycles. The van der Waals surface area contributed by atoms with E-state index in [0.717, 1.165) is 11.1 Å². The average molecular weight is 473 g/mol. The molecule has 2 amide bonds. The summed E-state index contributed by atoms with van der Waals surface area (Å²) in [7, 11) is 0. The molecule has 0 saturated heterocycles. The van der Waals surface area contributed by atoms with E-state index in [4.69, 9.17) is 32.7 Å². The topological polar surface area (TPSA) is 76.7 Å². The zero-order chi connectivity index (χ0) is 23.1. The van der Waals surface area contributed by atoms with Gasteiger partial charge in [0.15, 0.2) is 13.2 Å². The summed E-state index contributed by atoms with van der Waals surface area (Å²) in [6.45, 7) is 3.45. The maximum atomic E-state index is 12.1. The number of carbonyl (C=O) groups is 2. The Morgan fingerprint density at radius 3 is 1.41 bits per heavy atom. The first-order chi connectivity index (χ1) is 15.3. The van der Waals surface area contributed by atoms with E-state index in [1.165, 1.54) is 0 Å². The van der Waals surface area contributed by atoms with E-state index in [0.29, 0.717) is 32.9 Å². The van der Waals surface area contributed by atoms with Crippen LogP contribution in [0.4, 0.5) is 11.4 Å². The van der Waals surface area contributed by atoms with Gasteiger partial charge in [-0.05, 0) is 85.6 Å². The number of aryl methyl sites for hydroxylation is 2. The molecule has 166 valence electrons. The molecule has 3 aromatic rings. The molecular weight excluding hydrogens is 451 g/mol. The summed E-state index contributed by atoms with van der Waals surface area (Å²) in [5, 5.41) is 6.75. The molecule has 3 aromatic carbocycles. The molecule has 8 heteroatoms. The third-order valence-corrected chi connectivity index (χ3v) is 5.30. The number of anilines is 2. The van der Waals surface area contributed by atoms with Crippen molar-refractivity contribution in [3.63, 3.8) is 0 Å². The smallest absolute Gasteiger partial charge is 0.262 e. The van der Waals surface area contributed by atoms with Crippen LogP contribution in [0.5, 0.6) is 11.5 Å². The lowest BCUT2D eigenvalue weighted by Crippen LogP contribution is -2.21. The van der Waals surface area contributed by atoms with Crippen LogP contribution < -0.4 is 20.1 Å². The van der Waals surface area contributed by atoms with Gasteiger partial charge in [0.25, 0.3) is 11.8 Å². The van der Waals surface area contributed by atoms with E-state index in [2.05, 4.69) is 10.6 Å². The second-order valence-electron chi connectivity index (χ2n) is 7.07. The molecule has 0 aromatic heterocycles. The summed E-state index contributed by atoms with van der Waals surface area (Å²) >= 11 is 12.0. The van der Waals surface area contributed by atoms with Crippen molar-refractivity contribution >= 4 is 46.4 Å². The molecule has 0 aliphatic rings. The lowest BCUT2D eigenvalue weighted by atomic mass is 10.2. The number of benzene rings is 3. The van der Waals surface area contributed by atoms with Gasteiger partial charge >= 0.3 is 0 Å². The van der Waals surface area contributed by atoms with Crippen molar-refractivity contribution in [1.29, 1.82) is 0 Å². The number of hydrogen-bond donors (Lipinski definition) is 2. The van der Waals surface area contributed by atoms with Gasteiger partial charge in [0.2, 0.25) is 0 Å². The second-order valence-corrected chi connectivity index (χ2v) is 7.89. The Hall–Kier alpha value is -3.22. The first-order valence-corrected chi connectivity index (χ1v) is 10.5. The molecule has 0 fully saturated rings. The number of hydrogen-bond acceptors (Lipinski definition) is 4. The van der Waals surface area contributed by atoms with Crippen LogP contribution in [0.2, 0.25) is 10.0 Å². The van der Waals surface area contributed by atoms with E-state index in [1.54, 1.807) is 60.7 Å². The second kappa shape index (κ2) is 10.9. The number of halogens is 2. The van der Waals surface area contributed by atoms with Crippen LogP contribution in [0.15, 0.2) is 60.7 Å². The Kier molecular flexibility index (Phi) is 7.98. The van der Waals surface area contributed by atoms with Crippen LogP contribution in [0.3, 0.4) is 0 Å². The van der Waals surface area contributed by atoms with Gasteiger partial charge in [-0.3, -0.25) is 9.59 Å². The molecule has 0 aliphatic carbocycles. The van der Waals surface area contributed by atoms with Crippen molar-refractivity contribution in [2.24, 2.45) is 0 Å². The molecule has 3 rings (SSSR count). The Balaban J connectivity index is 1.44. The molecule has 0 unspecified atom stereocenters. The highest BCUT2D eigenvalue weighted by Crippen LogP contribution is 2.22. The van der Waals surface area contributed by atoms with Gasteiger partial charge < -0.3 is 20.1 Å². The zero-order valence-electron chi connectivity index (χ0n) is 17.6. The van der Waals surface area contributed by atoms with Gasteiger partial charge in [-0.2, -0.15) is 0 Å². The molecule has 32 heavy (non-hydrogen) atoms. The monoisotopic (exact) mass is 472 g/mol. The SMILES string of the molecule is Cc1cc(OCC(=O)Nc2ccc(NC(=O)COc3ccc(Cl)c(C)c3)cc2)ccc1Cl. The van der Waals surface area contributed by atoms with Crippen molar-refractivity contribution in [2.75, 3.05) is 23.8 Å². The number of rotatable bonds is 8. The maximum Gasteiger partial charge on any atom is 0.262 e. The van der Waals surface area contributed by atoms with Crippen LogP contribution in [-0.2, 0) is 9.59 Å². The first kappa shape index (κ1) is 23.4. The Morgan fingerprint density at radius 1 is 0.688 bits per heavy atom. The molecule has 0 aliphatic heterocycles. The first-order valence-electron chi connectivity index (χ1n) is 9.78. The minimum atomic E-state index is -0.305. The number of ether oxygens (including phenoxy) is 2. The van der Waals surface area contributed by atoms with Crippen molar-refractivity contribution in [3.05, 3.63) is 81.8 Å². The Morgan fingerprint density at radius 2 is 1.06 bits per heavy atom. The van der Waals surface area contributed by atoms with Gasteiger partial charge in [-0.15, -0.1) is 0 Å². The lowest BCUT2D eigenvalue weighted by molar-refractivity contribution is -0.118. The third kappa shape index (κ3) is 6.90. The van der Waals surface area contributed by atoms with Gasteiger partial charge in [-0.1, -0.05) is 23.2 Å². The number of nitrogens with one attached hydrogen (secondary N) is 2. The summed E-state index contributed by atoms with van der Waals surface area (Å²) in [5.74, 6) is 0.522. The van der Waals surface area contributed by atoms with Crippen molar-refractivity contribution < 1.29 is 19.1 Å². The highest BCUT2D eigenvalue weighted by Gasteiger charge is 2.07. The summed E-state index contributed by atoms with van der Waals surface area (Å²) in [4.78, 5) is 24.2.